The lowest BCUT2D eigenvalue weighted by atomic mass is 9.99. The summed E-state index contributed by atoms with van der Waals surface area (Å²) in [5.41, 5.74) is 3.89. The highest BCUT2D eigenvalue weighted by Crippen LogP contribution is 2.32. The second kappa shape index (κ2) is 9.16. The standard InChI is InChI=1S/C25H23N7O3/c33-32-20-11-5-4-9-18(20)21(17-7-2-1-3-8-17)27-24(32)28-25-30-29-23(35-25)19-10-6-12-26-22(19)31-13-15-34-16-14-31/h1-12,24,33H,13-16H2,(H,28,30). The number of nitrogens with zero attached hydrogens (tertiary/aromatic N) is 6. The van der Waals surface area contributed by atoms with Crippen molar-refractivity contribution in [3.8, 4) is 11.5 Å². The van der Waals surface area contributed by atoms with Crippen LogP contribution in [0.5, 0.6) is 0 Å². The lowest BCUT2D eigenvalue weighted by Crippen LogP contribution is -2.42. The van der Waals surface area contributed by atoms with Crippen molar-refractivity contribution in [2.24, 2.45) is 4.99 Å². The third-order valence-corrected chi connectivity index (χ3v) is 5.94. The van der Waals surface area contributed by atoms with E-state index in [1.165, 1.54) is 0 Å². The zero-order valence-electron chi connectivity index (χ0n) is 18.8. The summed E-state index contributed by atoms with van der Waals surface area (Å²) in [4.78, 5) is 11.4. The average Bonchev–Trinajstić information content (AvgIpc) is 3.40. The van der Waals surface area contributed by atoms with Crippen LogP contribution >= 0.6 is 0 Å². The van der Waals surface area contributed by atoms with E-state index in [1.54, 1.807) is 6.20 Å². The first-order valence-electron chi connectivity index (χ1n) is 11.4. The van der Waals surface area contributed by atoms with Crippen LogP contribution in [0.15, 0.2) is 82.3 Å². The molecule has 176 valence electrons. The molecule has 1 fully saturated rings. The number of ether oxygens (including phenoxy) is 1. The number of aromatic nitrogens is 3. The Morgan fingerprint density at radius 1 is 0.886 bits per heavy atom. The number of aliphatic imine (C=N–C) groups is 1. The van der Waals surface area contributed by atoms with Crippen LogP contribution in [0.25, 0.3) is 11.5 Å². The highest BCUT2D eigenvalue weighted by Gasteiger charge is 2.29. The molecule has 0 spiro atoms. The number of hydrogen-bond donors (Lipinski definition) is 2. The molecule has 1 unspecified atom stereocenters. The van der Waals surface area contributed by atoms with E-state index in [9.17, 15) is 5.21 Å². The van der Waals surface area contributed by atoms with Crippen LogP contribution in [0.2, 0.25) is 0 Å². The zero-order chi connectivity index (χ0) is 23.6. The Balaban J connectivity index is 1.31. The first kappa shape index (κ1) is 21.3. The molecule has 4 heterocycles. The smallest absolute Gasteiger partial charge is 0.318 e. The van der Waals surface area contributed by atoms with Crippen molar-refractivity contribution in [1.29, 1.82) is 0 Å². The molecule has 2 aliphatic heterocycles. The van der Waals surface area contributed by atoms with Gasteiger partial charge in [-0.1, -0.05) is 53.6 Å². The SMILES string of the molecule is ON1c2ccccc2C(c2ccccc2)=NC1Nc1nnc(-c2cccnc2N2CCOCC2)o1. The Morgan fingerprint density at radius 3 is 2.51 bits per heavy atom. The molecule has 10 heteroatoms. The average molecular weight is 470 g/mol. The molecule has 4 aromatic rings. The Labute approximate surface area is 201 Å². The number of pyridine rings is 1. The van der Waals surface area contributed by atoms with E-state index in [2.05, 4.69) is 25.4 Å². The third-order valence-electron chi connectivity index (χ3n) is 5.94. The van der Waals surface area contributed by atoms with Gasteiger partial charge in [-0.25, -0.2) is 15.0 Å². The van der Waals surface area contributed by atoms with E-state index >= 15 is 0 Å². The Bertz CT molecular complexity index is 1350. The van der Waals surface area contributed by atoms with E-state index < -0.39 is 6.29 Å². The number of para-hydroxylation sites is 1. The molecule has 0 aliphatic carbocycles. The number of rotatable bonds is 5. The molecule has 1 saturated heterocycles. The van der Waals surface area contributed by atoms with Crippen molar-refractivity contribution in [3.63, 3.8) is 0 Å². The van der Waals surface area contributed by atoms with Gasteiger partial charge in [0.15, 0.2) is 0 Å². The molecule has 0 radical (unpaired) electrons. The highest BCUT2D eigenvalue weighted by molar-refractivity contribution is 6.17. The van der Waals surface area contributed by atoms with Gasteiger partial charge in [-0.15, -0.1) is 5.10 Å². The second-order valence-corrected chi connectivity index (χ2v) is 8.11. The molecular weight excluding hydrogens is 446 g/mol. The van der Waals surface area contributed by atoms with Gasteiger partial charge in [0, 0.05) is 30.4 Å². The molecule has 35 heavy (non-hydrogen) atoms. The van der Waals surface area contributed by atoms with E-state index in [4.69, 9.17) is 14.1 Å². The van der Waals surface area contributed by atoms with Gasteiger partial charge in [-0.05, 0) is 18.2 Å². The summed E-state index contributed by atoms with van der Waals surface area (Å²) in [5.74, 6) is 1.10. The summed E-state index contributed by atoms with van der Waals surface area (Å²) < 4.78 is 11.4. The second-order valence-electron chi connectivity index (χ2n) is 8.11. The number of anilines is 3. The molecule has 0 amide bonds. The van der Waals surface area contributed by atoms with Crippen molar-refractivity contribution < 1.29 is 14.4 Å². The summed E-state index contributed by atoms with van der Waals surface area (Å²) in [6, 6.07) is 21.3. The molecule has 0 saturated carbocycles. The van der Waals surface area contributed by atoms with Gasteiger partial charge in [0.2, 0.25) is 6.29 Å². The number of fused-ring (bicyclic) bond motifs is 1. The van der Waals surface area contributed by atoms with E-state index in [0.717, 1.165) is 46.4 Å². The summed E-state index contributed by atoms with van der Waals surface area (Å²) in [7, 11) is 0. The van der Waals surface area contributed by atoms with Gasteiger partial charge < -0.3 is 14.1 Å². The first-order valence-corrected chi connectivity index (χ1v) is 11.4. The monoisotopic (exact) mass is 469 g/mol. The molecule has 0 bridgehead atoms. The molecule has 2 aromatic heterocycles. The van der Waals surface area contributed by atoms with Crippen LogP contribution in [0.4, 0.5) is 17.5 Å². The number of nitrogens with one attached hydrogen (secondary N) is 1. The van der Waals surface area contributed by atoms with Gasteiger partial charge in [0.25, 0.3) is 5.89 Å². The molecule has 2 aliphatic rings. The predicted octanol–water partition coefficient (Wildman–Crippen LogP) is 3.41. The Morgan fingerprint density at radius 2 is 1.66 bits per heavy atom. The number of morpholine rings is 1. The van der Waals surface area contributed by atoms with Gasteiger partial charge >= 0.3 is 6.01 Å². The van der Waals surface area contributed by atoms with Crippen molar-refractivity contribution in [2.45, 2.75) is 6.29 Å². The minimum absolute atomic E-state index is 0.136. The maximum atomic E-state index is 10.9. The number of hydrogen-bond acceptors (Lipinski definition) is 10. The van der Waals surface area contributed by atoms with E-state index in [-0.39, 0.29) is 6.01 Å². The van der Waals surface area contributed by atoms with Gasteiger partial charge in [0.1, 0.15) is 5.82 Å². The summed E-state index contributed by atoms with van der Waals surface area (Å²) in [6.45, 7) is 2.76. The minimum atomic E-state index is -0.860. The van der Waals surface area contributed by atoms with E-state index in [0.29, 0.717) is 24.8 Å². The molecular formula is C25H23N7O3. The summed E-state index contributed by atoms with van der Waals surface area (Å²) in [6.07, 6.45) is 0.883. The summed E-state index contributed by atoms with van der Waals surface area (Å²) in [5, 5.41) is 23.4. The lowest BCUT2D eigenvalue weighted by Gasteiger charge is -2.31. The number of benzene rings is 2. The molecule has 2 N–H and O–H groups in total. The zero-order valence-corrected chi connectivity index (χ0v) is 18.8. The van der Waals surface area contributed by atoms with Crippen LogP contribution in [-0.4, -0.2) is 58.7 Å². The van der Waals surface area contributed by atoms with Crippen molar-refractivity contribution in [3.05, 3.63) is 84.1 Å². The van der Waals surface area contributed by atoms with Crippen molar-refractivity contribution >= 4 is 23.2 Å². The first-order chi connectivity index (χ1) is 17.3. The maximum Gasteiger partial charge on any atom is 0.318 e. The van der Waals surface area contributed by atoms with Crippen LogP contribution in [0, 0.1) is 0 Å². The van der Waals surface area contributed by atoms with Gasteiger partial charge in [-0.3, -0.25) is 10.5 Å². The fraction of sp³-hybridized carbons (Fsp3) is 0.200. The molecule has 10 nitrogen and oxygen atoms in total. The van der Waals surface area contributed by atoms with Crippen molar-refractivity contribution in [1.82, 2.24) is 15.2 Å². The fourth-order valence-corrected chi connectivity index (χ4v) is 4.26. The van der Waals surface area contributed by atoms with Crippen LogP contribution in [-0.2, 0) is 4.74 Å². The Kier molecular flexibility index (Phi) is 5.57. The third kappa shape index (κ3) is 4.09. The van der Waals surface area contributed by atoms with Crippen molar-refractivity contribution in [2.75, 3.05) is 41.6 Å². The van der Waals surface area contributed by atoms with Crippen LogP contribution < -0.4 is 15.3 Å². The molecule has 1 atom stereocenters. The molecule has 2 aromatic carbocycles. The van der Waals surface area contributed by atoms with Gasteiger partial charge in [-0.2, -0.15) is 0 Å². The minimum Gasteiger partial charge on any atom is -0.403 e. The summed E-state index contributed by atoms with van der Waals surface area (Å²) >= 11 is 0. The number of hydroxylamine groups is 1. The topological polar surface area (TPSA) is 112 Å². The largest absolute Gasteiger partial charge is 0.403 e. The fourth-order valence-electron chi connectivity index (χ4n) is 4.26. The normalized spacial score (nSPS) is 17.6. The Hall–Kier alpha value is -4.28. The maximum absolute atomic E-state index is 10.9. The van der Waals surface area contributed by atoms with E-state index in [1.807, 2.05) is 66.7 Å². The predicted molar refractivity (Wildman–Crippen MR) is 131 cm³/mol. The molecule has 6 rings (SSSR count). The van der Waals surface area contributed by atoms with Crippen LogP contribution in [0.3, 0.4) is 0 Å². The highest BCUT2D eigenvalue weighted by atomic mass is 16.5. The lowest BCUT2D eigenvalue weighted by molar-refractivity contribution is 0.122. The van der Waals surface area contributed by atoms with Crippen LogP contribution in [0.1, 0.15) is 11.1 Å². The van der Waals surface area contributed by atoms with Gasteiger partial charge in [0.05, 0.1) is 30.2 Å². The quantitative estimate of drug-likeness (QED) is 0.454.